The Morgan fingerprint density at radius 3 is 1.29 bits per heavy atom. The highest BCUT2D eigenvalue weighted by Gasteiger charge is 2.43. The van der Waals surface area contributed by atoms with E-state index in [0.717, 1.165) is 15.9 Å². The highest BCUT2D eigenvalue weighted by Crippen LogP contribution is 2.54. The topological polar surface area (TPSA) is 0 Å². The lowest BCUT2D eigenvalue weighted by atomic mass is 10.4. The van der Waals surface area contributed by atoms with E-state index in [1.165, 1.54) is 0 Å². The minimum Gasteiger partial charge on any atom is -0.0620 e. The summed E-state index contributed by atoms with van der Waals surface area (Å²) in [7, 11) is -2.66. The summed E-state index contributed by atoms with van der Waals surface area (Å²) in [6.45, 7) is -2.38. The molecule has 3 aromatic rings. The van der Waals surface area contributed by atoms with Crippen LogP contribution < -0.4 is 15.9 Å². The predicted molar refractivity (Wildman–Crippen MR) is 95.7 cm³/mol. The van der Waals surface area contributed by atoms with Crippen LogP contribution in [-0.2, 0) is 0 Å². The van der Waals surface area contributed by atoms with E-state index in [9.17, 15) is 0 Å². The van der Waals surface area contributed by atoms with Crippen LogP contribution >= 0.6 is 7.26 Å². The Morgan fingerprint density at radius 1 is 0.667 bits per heavy atom. The molecule has 0 heterocycles. The van der Waals surface area contributed by atoms with Gasteiger partial charge in [-0.3, -0.25) is 0 Å². The zero-order valence-corrected chi connectivity index (χ0v) is 12.6. The molecule has 0 aliphatic carbocycles. The maximum atomic E-state index is 8.83. The van der Waals surface area contributed by atoms with E-state index in [-0.39, 0.29) is 0 Å². The summed E-state index contributed by atoms with van der Waals surface area (Å²) in [5.74, 6) is 0. The van der Waals surface area contributed by atoms with Crippen LogP contribution in [0.25, 0.3) is 0 Å². The molecule has 3 aromatic carbocycles. The molecule has 3 rings (SSSR count). The quantitative estimate of drug-likeness (QED) is 0.638. The number of rotatable bonds is 4. The molecule has 0 saturated heterocycles. The molecule has 0 N–H and O–H groups in total. The van der Waals surface area contributed by atoms with Gasteiger partial charge in [-0.2, -0.15) is 0 Å². The zero-order chi connectivity index (χ0) is 17.9. The Kier molecular flexibility index (Phi) is 2.95. The molecule has 0 saturated carbocycles. The van der Waals surface area contributed by atoms with E-state index in [0.29, 0.717) is 0 Å². The molecule has 0 aromatic heterocycles. The summed E-state index contributed by atoms with van der Waals surface area (Å²) in [6, 6.07) is 29.0. The molecule has 0 amide bonds. The van der Waals surface area contributed by atoms with E-state index in [4.69, 9.17) is 5.48 Å². The lowest BCUT2D eigenvalue weighted by Gasteiger charge is -2.26. The average Bonchev–Trinajstić information content (AvgIpc) is 2.64. The monoisotopic (exact) mass is 295 g/mol. The molecular formula is C20H20P+. The van der Waals surface area contributed by atoms with Crippen molar-refractivity contribution in [1.29, 1.82) is 0 Å². The third kappa shape index (κ3) is 2.52. The Labute approximate surface area is 133 Å². The third-order valence-corrected chi connectivity index (χ3v) is 7.41. The van der Waals surface area contributed by atoms with Crippen molar-refractivity contribution < 1.29 is 5.48 Å². The van der Waals surface area contributed by atoms with E-state index < -0.39 is 20.3 Å². The SMILES string of the molecule is [2H]C(C([2H])([2H])[2H])[P+](c1ccccc1)(c1ccccc1)c1ccccc1. The fraction of sp³-hybridized carbons (Fsp3) is 0.100. The second-order valence-corrected chi connectivity index (χ2v) is 8.11. The summed E-state index contributed by atoms with van der Waals surface area (Å²) in [4.78, 5) is 0. The van der Waals surface area contributed by atoms with Crippen LogP contribution in [0.3, 0.4) is 0 Å². The lowest BCUT2D eigenvalue weighted by Crippen LogP contribution is -2.32. The van der Waals surface area contributed by atoms with Crippen LogP contribution in [0.5, 0.6) is 0 Å². The van der Waals surface area contributed by atoms with Crippen molar-refractivity contribution in [3.8, 4) is 0 Å². The Hall–Kier alpha value is -1.91. The van der Waals surface area contributed by atoms with E-state index >= 15 is 0 Å². The molecule has 0 bridgehead atoms. The van der Waals surface area contributed by atoms with E-state index in [1.807, 2.05) is 91.0 Å². The van der Waals surface area contributed by atoms with E-state index in [1.54, 1.807) is 0 Å². The van der Waals surface area contributed by atoms with Crippen molar-refractivity contribution in [2.75, 3.05) is 6.14 Å². The fourth-order valence-electron chi connectivity index (χ4n) is 2.66. The standard InChI is InChI=1S/C20H20P/c1-2-21(18-12-6-3-7-13-18,19-14-8-4-9-15-19)20-16-10-5-11-17-20/h3-17H,2H2,1H3/q+1/i1D3,2D. The molecule has 0 radical (unpaired) electrons. The van der Waals surface area contributed by atoms with Gasteiger partial charge in [0.2, 0.25) is 0 Å². The second kappa shape index (κ2) is 6.24. The maximum absolute atomic E-state index is 8.83. The third-order valence-electron chi connectivity index (χ3n) is 3.68. The molecule has 104 valence electrons. The minimum absolute atomic E-state index is 0.920. The van der Waals surface area contributed by atoms with E-state index in [2.05, 4.69) is 0 Å². The van der Waals surface area contributed by atoms with Gasteiger partial charge in [-0.05, 0) is 43.3 Å². The molecular weight excluding hydrogens is 271 g/mol. The predicted octanol–water partition coefficient (Wildman–Crippen LogP) is 4.00. The first kappa shape index (κ1) is 9.92. The van der Waals surface area contributed by atoms with Gasteiger partial charge in [0.15, 0.2) is 0 Å². The summed E-state index contributed by atoms with van der Waals surface area (Å²) >= 11 is 0. The summed E-state index contributed by atoms with van der Waals surface area (Å²) in [6.07, 6.45) is -1.23. The molecule has 0 aliphatic heterocycles. The molecule has 1 atom stereocenters. The van der Waals surface area contributed by atoms with Gasteiger partial charge in [0.05, 0.1) is 7.51 Å². The molecule has 1 unspecified atom stereocenters. The van der Waals surface area contributed by atoms with Gasteiger partial charge in [-0.15, -0.1) is 0 Å². The molecule has 1 heteroatoms. The Bertz CT molecular complexity index is 705. The minimum atomic E-state index is -2.66. The lowest BCUT2D eigenvalue weighted by molar-refractivity contribution is 1.48. The Balaban J connectivity index is 2.40. The first-order valence-electron chi connectivity index (χ1n) is 9.03. The van der Waals surface area contributed by atoms with Crippen LogP contribution in [0.4, 0.5) is 0 Å². The van der Waals surface area contributed by atoms with Gasteiger partial charge in [-0.25, -0.2) is 0 Å². The molecule has 0 fully saturated rings. The summed E-state index contributed by atoms with van der Waals surface area (Å²) < 4.78 is 32.9. The zero-order valence-electron chi connectivity index (χ0n) is 15.7. The highest BCUT2D eigenvalue weighted by atomic mass is 31.2. The summed E-state index contributed by atoms with van der Waals surface area (Å²) in [5.41, 5.74) is 0. The first-order valence-corrected chi connectivity index (χ1v) is 8.81. The molecule has 21 heavy (non-hydrogen) atoms. The first-order chi connectivity index (χ1) is 12.0. The number of benzene rings is 3. The number of hydrogen-bond acceptors (Lipinski definition) is 0. The van der Waals surface area contributed by atoms with Crippen LogP contribution in [0, 0.1) is 0 Å². The molecule has 0 aliphatic rings. The van der Waals surface area contributed by atoms with Crippen LogP contribution in [0.1, 0.15) is 12.3 Å². The largest absolute Gasteiger partial charge is 0.111 e. The van der Waals surface area contributed by atoms with Gasteiger partial charge in [0.1, 0.15) is 23.2 Å². The van der Waals surface area contributed by atoms with Crippen molar-refractivity contribution in [3.63, 3.8) is 0 Å². The normalized spacial score (nSPS) is 16.2. The second-order valence-electron chi connectivity index (χ2n) is 4.86. The smallest absolute Gasteiger partial charge is 0.0620 e. The highest BCUT2D eigenvalue weighted by molar-refractivity contribution is 7.95. The Morgan fingerprint density at radius 2 is 1.00 bits per heavy atom. The van der Waals surface area contributed by atoms with Crippen molar-refractivity contribution in [2.45, 2.75) is 6.85 Å². The maximum Gasteiger partial charge on any atom is 0.111 e. The van der Waals surface area contributed by atoms with Gasteiger partial charge in [0.25, 0.3) is 0 Å². The van der Waals surface area contributed by atoms with Crippen molar-refractivity contribution in [1.82, 2.24) is 0 Å². The van der Waals surface area contributed by atoms with Crippen LogP contribution in [0.2, 0.25) is 0 Å². The fourth-order valence-corrected chi connectivity index (χ4v) is 5.93. The number of hydrogen-bond donors (Lipinski definition) is 0. The van der Waals surface area contributed by atoms with Crippen molar-refractivity contribution in [3.05, 3.63) is 91.0 Å². The molecule has 0 nitrogen and oxygen atoms in total. The van der Waals surface area contributed by atoms with Gasteiger partial charge >= 0.3 is 0 Å². The van der Waals surface area contributed by atoms with Crippen molar-refractivity contribution in [2.24, 2.45) is 0 Å². The average molecular weight is 295 g/mol. The van der Waals surface area contributed by atoms with Gasteiger partial charge < -0.3 is 0 Å². The van der Waals surface area contributed by atoms with Gasteiger partial charge in [-0.1, -0.05) is 54.6 Å². The van der Waals surface area contributed by atoms with Crippen LogP contribution in [0.15, 0.2) is 91.0 Å². The van der Waals surface area contributed by atoms with Crippen molar-refractivity contribution >= 4 is 23.2 Å². The van der Waals surface area contributed by atoms with Gasteiger partial charge in [0, 0.05) is 4.11 Å². The molecule has 0 spiro atoms. The van der Waals surface area contributed by atoms with Crippen LogP contribution in [-0.4, -0.2) is 6.14 Å². The summed E-state index contributed by atoms with van der Waals surface area (Å²) in [5, 5.41) is 2.76.